The highest BCUT2D eigenvalue weighted by molar-refractivity contribution is 7.89. The van der Waals surface area contributed by atoms with Crippen LogP contribution >= 0.6 is 0 Å². The number of anilines is 1. The molecule has 0 radical (unpaired) electrons. The molecule has 0 fully saturated rings. The number of hydrogen-bond donors (Lipinski definition) is 2. The van der Waals surface area contributed by atoms with Crippen molar-refractivity contribution in [2.24, 2.45) is 0 Å². The molecule has 0 bridgehead atoms. The van der Waals surface area contributed by atoms with Crippen molar-refractivity contribution in [3.05, 3.63) is 18.2 Å². The highest BCUT2D eigenvalue weighted by atomic mass is 32.2. The Morgan fingerprint density at radius 2 is 2.17 bits per heavy atom. The van der Waals surface area contributed by atoms with Crippen LogP contribution in [0, 0.1) is 0 Å². The minimum absolute atomic E-state index is 0.0648. The van der Waals surface area contributed by atoms with Crippen molar-refractivity contribution in [1.29, 1.82) is 0 Å². The first-order valence-corrected chi connectivity index (χ1v) is 4.70. The summed E-state index contributed by atoms with van der Waals surface area (Å²) in [7, 11) is -2.14. The van der Waals surface area contributed by atoms with E-state index in [4.69, 9.17) is 5.73 Å². The Labute approximate surface area is 70.7 Å². The van der Waals surface area contributed by atoms with Crippen molar-refractivity contribution in [1.82, 2.24) is 9.71 Å². The Morgan fingerprint density at radius 3 is 2.67 bits per heavy atom. The molecule has 66 valence electrons. The molecule has 0 spiro atoms. The summed E-state index contributed by atoms with van der Waals surface area (Å²) in [6.07, 6.45) is 0. The van der Waals surface area contributed by atoms with E-state index in [-0.39, 0.29) is 10.8 Å². The predicted molar refractivity (Wildman–Crippen MR) is 44.9 cm³/mol. The van der Waals surface area contributed by atoms with Crippen LogP contribution in [-0.4, -0.2) is 20.4 Å². The van der Waals surface area contributed by atoms with Crippen LogP contribution in [0.25, 0.3) is 0 Å². The molecule has 0 unspecified atom stereocenters. The van der Waals surface area contributed by atoms with Crippen molar-refractivity contribution in [2.75, 3.05) is 12.8 Å². The van der Waals surface area contributed by atoms with E-state index in [9.17, 15) is 8.42 Å². The van der Waals surface area contributed by atoms with Crippen LogP contribution in [0.2, 0.25) is 0 Å². The van der Waals surface area contributed by atoms with Gasteiger partial charge >= 0.3 is 0 Å². The monoisotopic (exact) mass is 187 g/mol. The van der Waals surface area contributed by atoms with Gasteiger partial charge in [-0.1, -0.05) is 6.07 Å². The Kier molecular flexibility index (Phi) is 2.30. The highest BCUT2D eigenvalue weighted by Crippen LogP contribution is 2.05. The maximum absolute atomic E-state index is 11.1. The van der Waals surface area contributed by atoms with Gasteiger partial charge in [0.25, 0.3) is 10.0 Å². The molecule has 0 aliphatic heterocycles. The van der Waals surface area contributed by atoms with E-state index >= 15 is 0 Å². The Hall–Kier alpha value is -1.14. The van der Waals surface area contributed by atoms with Gasteiger partial charge in [0.05, 0.1) is 0 Å². The number of rotatable bonds is 2. The number of nitrogen functional groups attached to an aromatic ring is 1. The normalized spacial score (nSPS) is 11.4. The quantitative estimate of drug-likeness (QED) is 0.658. The van der Waals surface area contributed by atoms with Gasteiger partial charge in [-0.15, -0.1) is 0 Å². The summed E-state index contributed by atoms with van der Waals surface area (Å²) in [4.78, 5) is 3.64. The molecule has 1 heterocycles. The second-order valence-electron chi connectivity index (χ2n) is 2.11. The number of sulfonamides is 1. The topological polar surface area (TPSA) is 85.1 Å². The van der Waals surface area contributed by atoms with Gasteiger partial charge in [-0.3, -0.25) is 0 Å². The first-order valence-electron chi connectivity index (χ1n) is 3.22. The molecule has 0 aliphatic rings. The molecule has 0 aliphatic carbocycles. The zero-order valence-corrected chi connectivity index (χ0v) is 7.30. The zero-order valence-electron chi connectivity index (χ0n) is 6.48. The minimum atomic E-state index is -3.46. The molecule has 3 N–H and O–H groups in total. The van der Waals surface area contributed by atoms with Gasteiger partial charge in [0.1, 0.15) is 5.82 Å². The fraction of sp³-hybridized carbons (Fsp3) is 0.167. The lowest BCUT2D eigenvalue weighted by molar-refractivity contribution is 0.584. The fourth-order valence-electron chi connectivity index (χ4n) is 0.685. The third-order valence-corrected chi connectivity index (χ3v) is 2.60. The van der Waals surface area contributed by atoms with E-state index in [1.807, 2.05) is 0 Å². The largest absolute Gasteiger partial charge is 0.384 e. The van der Waals surface area contributed by atoms with E-state index in [1.165, 1.54) is 25.2 Å². The second-order valence-corrected chi connectivity index (χ2v) is 3.94. The van der Waals surface area contributed by atoms with Gasteiger partial charge in [-0.2, -0.15) is 0 Å². The molecule has 1 aromatic heterocycles. The summed E-state index contributed by atoms with van der Waals surface area (Å²) in [6.45, 7) is 0. The molecular weight excluding hydrogens is 178 g/mol. The van der Waals surface area contributed by atoms with Crippen LogP contribution in [0.5, 0.6) is 0 Å². The summed E-state index contributed by atoms with van der Waals surface area (Å²) in [5.41, 5.74) is 5.31. The zero-order chi connectivity index (χ0) is 9.19. The van der Waals surface area contributed by atoms with Crippen LogP contribution < -0.4 is 10.5 Å². The lowest BCUT2D eigenvalue weighted by Gasteiger charge is -2.00. The van der Waals surface area contributed by atoms with Crippen molar-refractivity contribution < 1.29 is 8.42 Å². The summed E-state index contributed by atoms with van der Waals surface area (Å²) < 4.78 is 24.4. The molecule has 0 aromatic carbocycles. The standard InChI is InChI=1S/C6H9N3O2S/c1-8-12(10,11)6-4-2-3-5(7)9-6/h2-4,8H,1H3,(H2,7,9). The molecule has 0 amide bonds. The van der Waals surface area contributed by atoms with Gasteiger partial charge in [0.2, 0.25) is 0 Å². The molecular formula is C6H9N3O2S. The molecule has 0 atom stereocenters. The van der Waals surface area contributed by atoms with Gasteiger partial charge in [0.15, 0.2) is 5.03 Å². The maximum atomic E-state index is 11.1. The predicted octanol–water partition coefficient (Wildman–Crippen LogP) is -0.428. The van der Waals surface area contributed by atoms with Crippen LogP contribution in [-0.2, 0) is 10.0 Å². The van der Waals surface area contributed by atoms with E-state index in [0.717, 1.165) is 0 Å². The number of pyridine rings is 1. The van der Waals surface area contributed by atoms with Crippen molar-refractivity contribution in [3.8, 4) is 0 Å². The van der Waals surface area contributed by atoms with Crippen molar-refractivity contribution in [3.63, 3.8) is 0 Å². The molecule has 0 saturated heterocycles. The lowest BCUT2D eigenvalue weighted by atomic mass is 10.5. The van der Waals surface area contributed by atoms with E-state index in [0.29, 0.717) is 0 Å². The highest BCUT2D eigenvalue weighted by Gasteiger charge is 2.11. The first-order chi connectivity index (χ1) is 5.56. The van der Waals surface area contributed by atoms with Gasteiger partial charge in [0, 0.05) is 0 Å². The van der Waals surface area contributed by atoms with Crippen LogP contribution in [0.1, 0.15) is 0 Å². The smallest absolute Gasteiger partial charge is 0.257 e. The van der Waals surface area contributed by atoms with E-state index in [2.05, 4.69) is 9.71 Å². The van der Waals surface area contributed by atoms with Gasteiger partial charge in [-0.05, 0) is 19.2 Å². The van der Waals surface area contributed by atoms with Gasteiger partial charge < -0.3 is 5.73 Å². The Bertz CT molecular complexity index is 374. The van der Waals surface area contributed by atoms with E-state index in [1.54, 1.807) is 0 Å². The molecule has 6 heteroatoms. The van der Waals surface area contributed by atoms with E-state index < -0.39 is 10.0 Å². The van der Waals surface area contributed by atoms with Crippen LogP contribution in [0.15, 0.2) is 23.2 Å². The fourth-order valence-corrected chi connectivity index (χ4v) is 1.38. The average molecular weight is 187 g/mol. The number of nitrogens with zero attached hydrogens (tertiary/aromatic N) is 1. The number of aromatic nitrogens is 1. The summed E-state index contributed by atoms with van der Waals surface area (Å²) in [6, 6.07) is 4.43. The molecule has 0 saturated carbocycles. The third-order valence-electron chi connectivity index (χ3n) is 1.29. The Morgan fingerprint density at radius 1 is 1.50 bits per heavy atom. The number of nitrogens with one attached hydrogen (secondary N) is 1. The first kappa shape index (κ1) is 8.95. The van der Waals surface area contributed by atoms with Crippen LogP contribution in [0.3, 0.4) is 0 Å². The maximum Gasteiger partial charge on any atom is 0.257 e. The van der Waals surface area contributed by atoms with Crippen LogP contribution in [0.4, 0.5) is 5.82 Å². The lowest BCUT2D eigenvalue weighted by Crippen LogP contribution is -2.20. The summed E-state index contributed by atoms with van der Waals surface area (Å²) in [5, 5.41) is -0.0648. The summed E-state index contributed by atoms with van der Waals surface area (Å²) in [5.74, 6) is 0.186. The molecule has 12 heavy (non-hydrogen) atoms. The minimum Gasteiger partial charge on any atom is -0.384 e. The molecule has 1 rings (SSSR count). The average Bonchev–Trinajstić information content (AvgIpc) is 2.05. The Balaban J connectivity index is 3.21. The molecule has 5 nitrogen and oxygen atoms in total. The number of nitrogens with two attached hydrogens (primary N) is 1. The SMILES string of the molecule is CNS(=O)(=O)c1cccc(N)n1. The van der Waals surface area contributed by atoms with Crippen molar-refractivity contribution >= 4 is 15.8 Å². The second kappa shape index (κ2) is 3.08. The van der Waals surface area contributed by atoms with Gasteiger partial charge in [-0.25, -0.2) is 18.1 Å². The van der Waals surface area contributed by atoms with Crippen molar-refractivity contribution in [2.45, 2.75) is 5.03 Å². The number of hydrogen-bond acceptors (Lipinski definition) is 4. The molecule has 1 aromatic rings. The summed E-state index contributed by atoms with van der Waals surface area (Å²) >= 11 is 0. The third kappa shape index (κ3) is 1.72.